The Balaban J connectivity index is 1.75. The van der Waals surface area contributed by atoms with Crippen molar-refractivity contribution in [2.24, 2.45) is 0 Å². The largest absolute Gasteiger partial charge is 0.495 e. The highest BCUT2D eigenvalue weighted by molar-refractivity contribution is 7.89. The van der Waals surface area contributed by atoms with Gasteiger partial charge in [0, 0.05) is 18.2 Å². The van der Waals surface area contributed by atoms with Crippen molar-refractivity contribution in [2.45, 2.75) is 32.2 Å². The summed E-state index contributed by atoms with van der Waals surface area (Å²) in [5, 5.41) is 4.37. The van der Waals surface area contributed by atoms with Gasteiger partial charge in [-0.05, 0) is 74.4 Å². The highest BCUT2D eigenvalue weighted by Gasteiger charge is 2.20. The van der Waals surface area contributed by atoms with Crippen molar-refractivity contribution in [1.29, 1.82) is 0 Å². The average Bonchev–Trinajstić information content (AvgIpc) is 2.77. The lowest BCUT2D eigenvalue weighted by molar-refractivity contribution is 0.340. The number of benzene rings is 2. The summed E-state index contributed by atoms with van der Waals surface area (Å²) in [5.74, 6) is 1.02. The number of rotatable bonds is 9. The van der Waals surface area contributed by atoms with Crippen LogP contribution < -0.4 is 19.8 Å². The van der Waals surface area contributed by atoms with Crippen LogP contribution in [0.4, 0.5) is 0 Å². The Kier molecular flexibility index (Phi) is 7.32. The Hall–Kier alpha value is -3.17. The minimum atomic E-state index is -3.83. The molecule has 0 bridgehead atoms. The second kappa shape index (κ2) is 9.97. The van der Waals surface area contributed by atoms with E-state index in [0.29, 0.717) is 12.3 Å². The molecule has 0 radical (unpaired) electrons. The van der Waals surface area contributed by atoms with Gasteiger partial charge in [0.25, 0.3) is 5.56 Å². The van der Waals surface area contributed by atoms with E-state index in [2.05, 4.69) is 9.82 Å². The summed E-state index contributed by atoms with van der Waals surface area (Å²) in [6, 6.07) is 13.7. The van der Waals surface area contributed by atoms with E-state index in [1.54, 1.807) is 18.2 Å². The quantitative estimate of drug-likeness (QED) is 0.530. The second-order valence-electron chi connectivity index (χ2n) is 7.22. The zero-order valence-corrected chi connectivity index (χ0v) is 19.4. The van der Waals surface area contributed by atoms with Crippen molar-refractivity contribution >= 4 is 10.0 Å². The van der Waals surface area contributed by atoms with E-state index < -0.39 is 10.0 Å². The summed E-state index contributed by atoms with van der Waals surface area (Å²) >= 11 is 0. The van der Waals surface area contributed by atoms with E-state index in [1.807, 2.05) is 45.0 Å². The van der Waals surface area contributed by atoms with Gasteiger partial charge in [-0.3, -0.25) is 4.79 Å². The first kappa shape index (κ1) is 23.5. The van der Waals surface area contributed by atoms with Crippen molar-refractivity contribution < 1.29 is 17.9 Å². The van der Waals surface area contributed by atoms with Crippen LogP contribution in [0.5, 0.6) is 11.5 Å². The fourth-order valence-corrected chi connectivity index (χ4v) is 4.40. The van der Waals surface area contributed by atoms with Gasteiger partial charge in [0.1, 0.15) is 16.4 Å². The number of sulfonamides is 1. The predicted octanol–water partition coefficient (Wildman–Crippen LogP) is 2.91. The second-order valence-corrected chi connectivity index (χ2v) is 8.96. The monoisotopic (exact) mass is 457 g/mol. The molecule has 0 saturated carbocycles. The maximum absolute atomic E-state index is 12.8. The molecule has 3 rings (SSSR count). The molecule has 32 heavy (non-hydrogen) atoms. The third kappa shape index (κ3) is 5.35. The Morgan fingerprint density at radius 3 is 2.38 bits per heavy atom. The SMILES string of the molecule is CCOc1ccc(-c2ccc(=O)n(CCNS(=O)(=O)c3cc(C)c(C)cc3OC)n2)cc1. The molecule has 0 spiro atoms. The standard InChI is InChI=1S/C23H27N3O5S/c1-5-31-19-8-6-18(7-9-19)20-10-11-23(27)26(25-20)13-12-24-32(28,29)22-15-17(3)16(2)14-21(22)30-4/h6-11,14-15,24H,5,12-13H2,1-4H3. The van der Waals surface area contributed by atoms with Gasteiger partial charge in [0.15, 0.2) is 0 Å². The Morgan fingerprint density at radius 1 is 1.03 bits per heavy atom. The van der Waals surface area contributed by atoms with Crippen LogP contribution >= 0.6 is 0 Å². The van der Waals surface area contributed by atoms with E-state index in [4.69, 9.17) is 9.47 Å². The topological polar surface area (TPSA) is 99.5 Å². The molecule has 0 amide bonds. The van der Waals surface area contributed by atoms with Gasteiger partial charge >= 0.3 is 0 Å². The lowest BCUT2D eigenvalue weighted by Gasteiger charge is -2.13. The average molecular weight is 458 g/mol. The Labute approximate surface area is 187 Å². The van der Waals surface area contributed by atoms with Crippen molar-refractivity contribution in [2.75, 3.05) is 20.3 Å². The summed E-state index contributed by atoms with van der Waals surface area (Å²) in [6.07, 6.45) is 0. The van der Waals surface area contributed by atoms with Gasteiger partial charge in [0.05, 0.1) is 26.0 Å². The van der Waals surface area contributed by atoms with E-state index in [-0.39, 0.29) is 29.3 Å². The van der Waals surface area contributed by atoms with Gasteiger partial charge in [-0.15, -0.1) is 0 Å². The van der Waals surface area contributed by atoms with E-state index in [1.165, 1.54) is 17.9 Å². The first-order valence-corrected chi connectivity index (χ1v) is 11.7. The van der Waals surface area contributed by atoms with Crippen LogP contribution in [0.15, 0.2) is 58.2 Å². The first-order chi connectivity index (χ1) is 15.2. The molecular formula is C23H27N3O5S. The molecule has 0 saturated heterocycles. The minimum Gasteiger partial charge on any atom is -0.495 e. The van der Waals surface area contributed by atoms with Crippen LogP contribution in [0.25, 0.3) is 11.3 Å². The molecule has 0 aliphatic carbocycles. The maximum atomic E-state index is 12.8. The molecule has 170 valence electrons. The summed E-state index contributed by atoms with van der Waals surface area (Å²) in [4.78, 5) is 12.3. The van der Waals surface area contributed by atoms with E-state index in [0.717, 1.165) is 22.4 Å². The lowest BCUT2D eigenvalue weighted by atomic mass is 10.1. The molecule has 1 aromatic heterocycles. The van der Waals surface area contributed by atoms with Gasteiger partial charge in [-0.1, -0.05) is 0 Å². The highest BCUT2D eigenvalue weighted by Crippen LogP contribution is 2.27. The number of nitrogens with zero attached hydrogens (tertiary/aromatic N) is 2. The van der Waals surface area contributed by atoms with Crippen LogP contribution in [0.2, 0.25) is 0 Å². The van der Waals surface area contributed by atoms with Crippen LogP contribution in [0.1, 0.15) is 18.1 Å². The van der Waals surface area contributed by atoms with Crippen LogP contribution in [0, 0.1) is 13.8 Å². The lowest BCUT2D eigenvalue weighted by Crippen LogP contribution is -2.32. The molecule has 3 aromatic rings. The molecular weight excluding hydrogens is 430 g/mol. The molecule has 1 heterocycles. The summed E-state index contributed by atoms with van der Waals surface area (Å²) in [6.45, 7) is 6.29. The minimum absolute atomic E-state index is 0.00194. The number of aryl methyl sites for hydroxylation is 2. The zero-order chi connectivity index (χ0) is 23.3. The molecule has 0 aliphatic heterocycles. The smallest absolute Gasteiger partial charge is 0.266 e. The zero-order valence-electron chi connectivity index (χ0n) is 18.6. The van der Waals surface area contributed by atoms with E-state index >= 15 is 0 Å². The van der Waals surface area contributed by atoms with Gasteiger partial charge in [-0.25, -0.2) is 17.8 Å². The normalized spacial score (nSPS) is 11.4. The molecule has 2 aromatic carbocycles. The Bertz CT molecular complexity index is 1250. The van der Waals surface area contributed by atoms with Crippen LogP contribution in [-0.2, 0) is 16.6 Å². The number of hydrogen-bond donors (Lipinski definition) is 1. The first-order valence-electron chi connectivity index (χ1n) is 10.2. The number of hydrogen-bond acceptors (Lipinski definition) is 6. The van der Waals surface area contributed by atoms with Gasteiger partial charge in [0.2, 0.25) is 10.0 Å². The third-order valence-electron chi connectivity index (χ3n) is 5.01. The number of ether oxygens (including phenoxy) is 2. The Morgan fingerprint density at radius 2 is 1.72 bits per heavy atom. The third-order valence-corrected chi connectivity index (χ3v) is 6.50. The number of nitrogens with one attached hydrogen (secondary N) is 1. The summed E-state index contributed by atoms with van der Waals surface area (Å²) < 4.78 is 40.1. The van der Waals surface area contributed by atoms with Crippen LogP contribution in [-0.4, -0.2) is 38.5 Å². The number of aromatic nitrogens is 2. The molecule has 1 N–H and O–H groups in total. The van der Waals surface area contributed by atoms with Gasteiger partial charge in [-0.2, -0.15) is 5.10 Å². The predicted molar refractivity (Wildman–Crippen MR) is 123 cm³/mol. The van der Waals surface area contributed by atoms with Crippen molar-refractivity contribution in [3.8, 4) is 22.8 Å². The fraction of sp³-hybridized carbons (Fsp3) is 0.304. The van der Waals surface area contributed by atoms with Crippen molar-refractivity contribution in [3.63, 3.8) is 0 Å². The molecule has 9 heteroatoms. The summed E-state index contributed by atoms with van der Waals surface area (Å²) in [5.41, 5.74) is 2.88. The van der Waals surface area contributed by atoms with E-state index in [9.17, 15) is 13.2 Å². The molecule has 0 unspecified atom stereocenters. The fourth-order valence-electron chi connectivity index (χ4n) is 3.15. The van der Waals surface area contributed by atoms with Crippen molar-refractivity contribution in [1.82, 2.24) is 14.5 Å². The van der Waals surface area contributed by atoms with Gasteiger partial charge < -0.3 is 9.47 Å². The van der Waals surface area contributed by atoms with Crippen LogP contribution in [0.3, 0.4) is 0 Å². The number of methoxy groups -OCH3 is 1. The highest BCUT2D eigenvalue weighted by atomic mass is 32.2. The molecule has 8 nitrogen and oxygen atoms in total. The molecule has 0 fully saturated rings. The maximum Gasteiger partial charge on any atom is 0.266 e. The molecule has 0 aliphatic rings. The van der Waals surface area contributed by atoms with Crippen molar-refractivity contribution in [3.05, 3.63) is 70.0 Å². The summed E-state index contributed by atoms with van der Waals surface area (Å²) in [7, 11) is -2.40. The molecule has 0 atom stereocenters.